The lowest BCUT2D eigenvalue weighted by molar-refractivity contribution is -0.384. The SMILES string of the molecule is C#CCn1c(=NC(=O)CSCC(=O)N2CCCCCC2)sc2cc([N+](=O)[O-])ccc21. The lowest BCUT2D eigenvalue weighted by atomic mass is 10.2. The number of hydrogen-bond donors (Lipinski definition) is 0. The average Bonchev–Trinajstić information content (AvgIpc) is 2.89. The first kappa shape index (κ1) is 22.1. The fraction of sp³-hybridized carbons (Fsp3) is 0.450. The molecule has 0 aliphatic carbocycles. The van der Waals surface area contributed by atoms with Crippen LogP contribution in [0.25, 0.3) is 10.2 Å². The normalized spacial score (nSPS) is 15.0. The van der Waals surface area contributed by atoms with E-state index < -0.39 is 4.92 Å². The van der Waals surface area contributed by atoms with Crippen molar-refractivity contribution < 1.29 is 14.5 Å². The van der Waals surface area contributed by atoms with Gasteiger partial charge in [-0.15, -0.1) is 18.2 Å². The van der Waals surface area contributed by atoms with Crippen molar-refractivity contribution in [1.29, 1.82) is 0 Å². The molecule has 8 nitrogen and oxygen atoms in total. The largest absolute Gasteiger partial charge is 0.342 e. The number of benzene rings is 1. The zero-order valence-corrected chi connectivity index (χ0v) is 18.0. The van der Waals surface area contributed by atoms with Gasteiger partial charge in [-0.25, -0.2) is 0 Å². The predicted octanol–water partition coefficient (Wildman–Crippen LogP) is 2.81. The highest BCUT2D eigenvalue weighted by molar-refractivity contribution is 8.00. The maximum Gasteiger partial charge on any atom is 0.270 e. The number of rotatable bonds is 6. The van der Waals surface area contributed by atoms with Crippen LogP contribution >= 0.6 is 23.1 Å². The first-order chi connectivity index (χ1) is 14.5. The summed E-state index contributed by atoms with van der Waals surface area (Å²) in [5.41, 5.74) is 0.663. The zero-order valence-electron chi connectivity index (χ0n) is 16.4. The lowest BCUT2D eigenvalue weighted by Gasteiger charge is -2.19. The van der Waals surface area contributed by atoms with Gasteiger partial charge in [0.1, 0.15) is 0 Å². The molecule has 30 heavy (non-hydrogen) atoms. The number of likely N-dealkylation sites (tertiary alicyclic amines) is 1. The number of fused-ring (bicyclic) bond motifs is 1. The van der Waals surface area contributed by atoms with E-state index in [1.54, 1.807) is 10.6 Å². The molecule has 0 atom stereocenters. The van der Waals surface area contributed by atoms with Crippen LogP contribution in [0.4, 0.5) is 5.69 Å². The maximum atomic E-state index is 12.4. The van der Waals surface area contributed by atoms with E-state index in [1.807, 2.05) is 4.90 Å². The van der Waals surface area contributed by atoms with Crippen LogP contribution in [0, 0.1) is 22.5 Å². The minimum atomic E-state index is -0.468. The van der Waals surface area contributed by atoms with E-state index in [0.29, 0.717) is 15.0 Å². The highest BCUT2D eigenvalue weighted by Crippen LogP contribution is 2.23. The molecule has 3 rings (SSSR count). The summed E-state index contributed by atoms with van der Waals surface area (Å²) < 4.78 is 2.32. The van der Waals surface area contributed by atoms with Gasteiger partial charge >= 0.3 is 0 Å². The van der Waals surface area contributed by atoms with E-state index in [0.717, 1.165) is 38.8 Å². The molecular formula is C20H22N4O4S2. The second-order valence-electron chi connectivity index (χ2n) is 6.88. The minimum absolute atomic E-state index is 0.0305. The predicted molar refractivity (Wildman–Crippen MR) is 118 cm³/mol. The molecule has 1 aromatic carbocycles. The first-order valence-corrected chi connectivity index (χ1v) is 11.6. The summed E-state index contributed by atoms with van der Waals surface area (Å²) >= 11 is 2.43. The van der Waals surface area contributed by atoms with Crippen molar-refractivity contribution in [2.24, 2.45) is 4.99 Å². The van der Waals surface area contributed by atoms with Crippen LogP contribution in [-0.4, -0.2) is 50.8 Å². The van der Waals surface area contributed by atoms with Crippen LogP contribution < -0.4 is 4.80 Å². The van der Waals surface area contributed by atoms with E-state index in [4.69, 9.17) is 6.42 Å². The average molecular weight is 447 g/mol. The molecule has 0 N–H and O–H groups in total. The molecule has 2 aromatic rings. The number of nitrogens with zero attached hydrogens (tertiary/aromatic N) is 4. The Morgan fingerprint density at radius 3 is 2.63 bits per heavy atom. The molecule has 1 saturated heterocycles. The van der Waals surface area contributed by atoms with Gasteiger partial charge in [-0.3, -0.25) is 19.7 Å². The van der Waals surface area contributed by atoms with Gasteiger partial charge in [0.25, 0.3) is 11.6 Å². The van der Waals surface area contributed by atoms with E-state index in [-0.39, 0.29) is 35.6 Å². The fourth-order valence-electron chi connectivity index (χ4n) is 3.28. The van der Waals surface area contributed by atoms with Crippen molar-refractivity contribution in [3.8, 4) is 12.3 Å². The van der Waals surface area contributed by atoms with Gasteiger partial charge in [0, 0.05) is 25.2 Å². The first-order valence-electron chi connectivity index (χ1n) is 9.64. The number of thiazole rings is 1. The molecule has 10 heteroatoms. The molecular weight excluding hydrogens is 424 g/mol. The maximum absolute atomic E-state index is 12.4. The molecule has 1 aromatic heterocycles. The molecule has 158 valence electrons. The highest BCUT2D eigenvalue weighted by Gasteiger charge is 2.16. The molecule has 1 aliphatic rings. The van der Waals surface area contributed by atoms with Crippen LogP contribution in [0.5, 0.6) is 0 Å². The van der Waals surface area contributed by atoms with Crippen LogP contribution in [0.15, 0.2) is 23.2 Å². The van der Waals surface area contributed by atoms with E-state index in [2.05, 4.69) is 10.9 Å². The Hall–Kier alpha value is -2.64. The van der Waals surface area contributed by atoms with Gasteiger partial charge < -0.3 is 9.47 Å². The van der Waals surface area contributed by atoms with Crippen molar-refractivity contribution in [2.75, 3.05) is 24.6 Å². The quantitative estimate of drug-likeness (QED) is 0.386. The molecule has 0 unspecified atom stereocenters. The van der Waals surface area contributed by atoms with Crippen molar-refractivity contribution in [1.82, 2.24) is 9.47 Å². The molecule has 1 aliphatic heterocycles. The summed E-state index contributed by atoms with van der Waals surface area (Å²) in [4.78, 5) is 41.6. The number of carbonyl (C=O) groups is 2. The lowest BCUT2D eigenvalue weighted by Crippen LogP contribution is -2.33. The zero-order chi connectivity index (χ0) is 21.5. The summed E-state index contributed by atoms with van der Waals surface area (Å²) in [7, 11) is 0. The van der Waals surface area contributed by atoms with Crippen molar-refractivity contribution in [3.05, 3.63) is 33.1 Å². The number of carbonyl (C=O) groups excluding carboxylic acids is 2. The van der Waals surface area contributed by atoms with Crippen molar-refractivity contribution in [3.63, 3.8) is 0 Å². The van der Waals surface area contributed by atoms with Crippen LogP contribution in [-0.2, 0) is 16.1 Å². The topological polar surface area (TPSA) is 97.8 Å². The van der Waals surface area contributed by atoms with E-state index >= 15 is 0 Å². The molecule has 1 fully saturated rings. The Bertz CT molecular complexity index is 1060. The number of non-ortho nitro benzene ring substituents is 1. The Balaban J connectivity index is 1.69. The number of nitro groups is 1. The third-order valence-corrected chi connectivity index (χ3v) is 6.70. The number of nitro benzene ring substituents is 1. The summed E-state index contributed by atoms with van der Waals surface area (Å²) in [5, 5.41) is 11.0. The minimum Gasteiger partial charge on any atom is -0.342 e. The molecule has 0 bridgehead atoms. The third kappa shape index (κ3) is 5.49. The Kier molecular flexibility index (Phi) is 7.65. The summed E-state index contributed by atoms with van der Waals surface area (Å²) in [6.45, 7) is 1.78. The molecule has 0 spiro atoms. The standard InChI is InChI=1S/C20H22N4O4S2/c1-2-9-23-16-8-7-15(24(27)28)12-17(16)30-20(23)21-18(25)13-29-14-19(26)22-10-5-3-4-6-11-22/h1,7-8,12H,3-6,9-11,13-14H2. The van der Waals surface area contributed by atoms with E-state index in [1.165, 1.54) is 35.2 Å². The third-order valence-electron chi connectivity index (χ3n) is 4.76. The van der Waals surface area contributed by atoms with Gasteiger partial charge in [-0.1, -0.05) is 30.1 Å². The number of terminal acetylenes is 1. The molecule has 0 radical (unpaired) electrons. The van der Waals surface area contributed by atoms with Crippen LogP contribution in [0.3, 0.4) is 0 Å². The second-order valence-corrected chi connectivity index (χ2v) is 8.87. The Morgan fingerprint density at radius 1 is 1.23 bits per heavy atom. The van der Waals surface area contributed by atoms with Gasteiger partial charge in [-0.05, 0) is 18.9 Å². The fourth-order valence-corrected chi connectivity index (χ4v) is 5.06. The smallest absolute Gasteiger partial charge is 0.270 e. The van der Waals surface area contributed by atoms with Gasteiger partial charge in [0.15, 0.2) is 4.80 Å². The molecule has 0 saturated carbocycles. The Labute approximate surface area is 182 Å². The monoisotopic (exact) mass is 446 g/mol. The van der Waals surface area contributed by atoms with Crippen LogP contribution in [0.2, 0.25) is 0 Å². The van der Waals surface area contributed by atoms with Crippen molar-refractivity contribution in [2.45, 2.75) is 32.2 Å². The van der Waals surface area contributed by atoms with Crippen LogP contribution in [0.1, 0.15) is 25.7 Å². The summed E-state index contributed by atoms with van der Waals surface area (Å²) in [5.74, 6) is 2.56. The highest BCUT2D eigenvalue weighted by atomic mass is 32.2. The molecule has 2 amide bonds. The number of amides is 2. The number of hydrogen-bond acceptors (Lipinski definition) is 6. The van der Waals surface area contributed by atoms with Gasteiger partial charge in [-0.2, -0.15) is 4.99 Å². The summed E-state index contributed by atoms with van der Waals surface area (Å²) in [6, 6.07) is 4.46. The van der Waals surface area contributed by atoms with Gasteiger partial charge in [0.2, 0.25) is 5.91 Å². The number of aromatic nitrogens is 1. The summed E-state index contributed by atoms with van der Waals surface area (Å²) in [6.07, 6.45) is 9.81. The number of thioether (sulfide) groups is 1. The van der Waals surface area contributed by atoms with Gasteiger partial charge in [0.05, 0.1) is 33.2 Å². The van der Waals surface area contributed by atoms with E-state index in [9.17, 15) is 19.7 Å². The van der Waals surface area contributed by atoms with Crippen molar-refractivity contribution >= 4 is 50.8 Å². The Morgan fingerprint density at radius 2 is 1.97 bits per heavy atom. The molecule has 2 heterocycles. The second kappa shape index (κ2) is 10.4.